The van der Waals surface area contributed by atoms with E-state index in [0.29, 0.717) is 12.1 Å². The number of nitrogens with one attached hydrogen (secondary N) is 1. The average Bonchev–Trinajstić information content (AvgIpc) is 2.39. The van der Waals surface area contributed by atoms with Crippen molar-refractivity contribution in [2.45, 2.75) is 0 Å². The molecule has 2 aromatic rings. The molecule has 0 aliphatic heterocycles. The van der Waals surface area contributed by atoms with Gasteiger partial charge in [0.2, 0.25) is 0 Å². The molecule has 0 heterocycles. The summed E-state index contributed by atoms with van der Waals surface area (Å²) < 4.78 is 26.9. The fraction of sp³-hybridized carbons (Fsp3) is 0. The number of carbonyl (C=O) groups is 1. The van der Waals surface area contributed by atoms with Gasteiger partial charge in [0.1, 0.15) is 11.6 Å². The normalized spacial score (nSPS) is 10.5. The van der Waals surface area contributed by atoms with Gasteiger partial charge in [0.05, 0.1) is 21.3 Å². The Balaban J connectivity index is 2.37. The maximum Gasteiger partial charge on any atom is 0.258 e. The first-order valence-corrected chi connectivity index (χ1v) is 6.57. The summed E-state index contributed by atoms with van der Waals surface area (Å²) in [6.07, 6.45) is 0. The molecule has 0 unspecified atom stereocenters. The van der Waals surface area contributed by atoms with Gasteiger partial charge in [0, 0.05) is 5.02 Å². The molecule has 0 saturated carbocycles. The van der Waals surface area contributed by atoms with E-state index in [1.807, 2.05) is 0 Å². The van der Waals surface area contributed by atoms with Crippen LogP contribution >= 0.6 is 34.8 Å². The predicted molar refractivity (Wildman–Crippen MR) is 77.4 cm³/mol. The molecule has 0 bridgehead atoms. The van der Waals surface area contributed by atoms with Gasteiger partial charge >= 0.3 is 0 Å². The van der Waals surface area contributed by atoms with Crippen LogP contribution in [0, 0.1) is 11.6 Å². The molecule has 2 N–H and O–H groups in total. The van der Waals surface area contributed by atoms with E-state index in [2.05, 4.69) is 5.32 Å². The maximum absolute atomic E-state index is 13.6. The Hall–Kier alpha value is -1.56. The second-order valence-corrected chi connectivity index (χ2v) is 5.23. The minimum absolute atomic E-state index is 0.0967. The van der Waals surface area contributed by atoms with Gasteiger partial charge in [-0.15, -0.1) is 0 Å². The van der Waals surface area contributed by atoms with Crippen molar-refractivity contribution in [1.29, 1.82) is 0 Å². The molecule has 3 nitrogen and oxygen atoms in total. The van der Waals surface area contributed by atoms with Crippen molar-refractivity contribution in [3.8, 4) is 5.75 Å². The lowest BCUT2D eigenvalue weighted by atomic mass is 10.2. The molecular weight excluding hydrogens is 347 g/mol. The molecule has 0 fully saturated rings. The van der Waals surface area contributed by atoms with Crippen LogP contribution in [0.4, 0.5) is 14.5 Å². The predicted octanol–water partition coefficient (Wildman–Crippen LogP) is 4.88. The topological polar surface area (TPSA) is 49.3 Å². The summed E-state index contributed by atoms with van der Waals surface area (Å²) in [4.78, 5) is 11.9. The second kappa shape index (κ2) is 6.05. The molecule has 110 valence electrons. The van der Waals surface area contributed by atoms with Gasteiger partial charge in [-0.05, 0) is 24.3 Å². The summed E-state index contributed by atoms with van der Waals surface area (Å²) in [5, 5.41) is 11.5. The molecule has 0 atom stereocenters. The van der Waals surface area contributed by atoms with Gasteiger partial charge in [-0.2, -0.15) is 0 Å². The average molecular weight is 353 g/mol. The van der Waals surface area contributed by atoms with E-state index in [0.717, 1.165) is 0 Å². The number of aromatic hydroxyl groups is 1. The van der Waals surface area contributed by atoms with Crippen molar-refractivity contribution in [2.24, 2.45) is 0 Å². The Morgan fingerprint density at radius 1 is 1.00 bits per heavy atom. The van der Waals surface area contributed by atoms with Crippen LogP contribution in [0.5, 0.6) is 5.75 Å². The zero-order valence-corrected chi connectivity index (χ0v) is 12.3. The molecule has 2 aromatic carbocycles. The van der Waals surface area contributed by atoms with Crippen LogP contribution in [0.15, 0.2) is 24.3 Å². The number of carbonyl (C=O) groups excluding carboxylic acids is 1. The highest BCUT2D eigenvalue weighted by molar-refractivity contribution is 6.36. The number of amides is 1. The lowest BCUT2D eigenvalue weighted by Crippen LogP contribution is -2.14. The van der Waals surface area contributed by atoms with E-state index >= 15 is 0 Å². The minimum atomic E-state index is -1.01. The van der Waals surface area contributed by atoms with Crippen LogP contribution in [-0.4, -0.2) is 11.0 Å². The van der Waals surface area contributed by atoms with Crippen LogP contribution in [0.1, 0.15) is 10.4 Å². The van der Waals surface area contributed by atoms with E-state index in [1.54, 1.807) is 0 Å². The lowest BCUT2D eigenvalue weighted by molar-refractivity contribution is 0.102. The number of phenols is 1. The number of halogens is 5. The van der Waals surface area contributed by atoms with Crippen LogP contribution in [0.2, 0.25) is 15.1 Å². The largest absolute Gasteiger partial charge is 0.504 e. The molecule has 0 aromatic heterocycles. The lowest BCUT2D eigenvalue weighted by Gasteiger charge is -2.10. The van der Waals surface area contributed by atoms with Gasteiger partial charge in [0.15, 0.2) is 5.75 Å². The quantitative estimate of drug-likeness (QED) is 0.597. The zero-order valence-electron chi connectivity index (χ0n) is 10.1. The highest BCUT2D eigenvalue weighted by Gasteiger charge is 2.18. The number of hydrogen-bond acceptors (Lipinski definition) is 2. The highest BCUT2D eigenvalue weighted by Crippen LogP contribution is 2.35. The molecule has 0 radical (unpaired) electrons. The van der Waals surface area contributed by atoms with Gasteiger partial charge in [-0.3, -0.25) is 4.79 Å². The number of rotatable bonds is 2. The van der Waals surface area contributed by atoms with Gasteiger partial charge in [0.25, 0.3) is 5.91 Å². The fourth-order valence-corrected chi connectivity index (χ4v) is 2.19. The third kappa shape index (κ3) is 3.37. The highest BCUT2D eigenvalue weighted by atomic mass is 35.5. The molecule has 0 spiro atoms. The smallest absolute Gasteiger partial charge is 0.258 e. The summed E-state index contributed by atoms with van der Waals surface area (Å²) in [6.45, 7) is 0. The Morgan fingerprint density at radius 2 is 1.67 bits per heavy atom. The first-order chi connectivity index (χ1) is 9.79. The summed E-state index contributed by atoms with van der Waals surface area (Å²) in [7, 11) is 0. The van der Waals surface area contributed by atoms with Crippen molar-refractivity contribution in [3.63, 3.8) is 0 Å². The molecular formula is C13H6Cl3F2NO2. The van der Waals surface area contributed by atoms with E-state index in [1.165, 1.54) is 12.1 Å². The zero-order chi connectivity index (χ0) is 15.7. The summed E-state index contributed by atoms with van der Waals surface area (Å²) in [5.41, 5.74) is -0.709. The summed E-state index contributed by atoms with van der Waals surface area (Å²) >= 11 is 16.8. The van der Waals surface area contributed by atoms with Crippen LogP contribution in [-0.2, 0) is 0 Å². The van der Waals surface area contributed by atoms with Gasteiger partial charge < -0.3 is 10.4 Å². The number of hydrogen-bond donors (Lipinski definition) is 2. The Labute approximate surface area is 133 Å². The first-order valence-electron chi connectivity index (χ1n) is 5.43. The molecule has 0 aliphatic rings. The van der Waals surface area contributed by atoms with E-state index in [4.69, 9.17) is 34.8 Å². The third-order valence-electron chi connectivity index (χ3n) is 2.53. The molecule has 2 rings (SSSR count). The molecule has 8 heteroatoms. The third-order valence-corrected chi connectivity index (χ3v) is 3.33. The molecule has 1 amide bonds. The van der Waals surface area contributed by atoms with Gasteiger partial charge in [-0.25, -0.2) is 8.78 Å². The molecule has 0 aliphatic carbocycles. The fourth-order valence-electron chi connectivity index (χ4n) is 1.55. The Morgan fingerprint density at radius 3 is 2.33 bits per heavy atom. The van der Waals surface area contributed by atoms with E-state index in [9.17, 15) is 18.7 Å². The molecule has 0 saturated heterocycles. The van der Waals surface area contributed by atoms with Crippen molar-refractivity contribution in [2.75, 3.05) is 5.32 Å². The number of benzene rings is 2. The summed E-state index contributed by atoms with van der Waals surface area (Å²) in [5.74, 6) is -3.39. The maximum atomic E-state index is 13.6. The van der Waals surface area contributed by atoms with Crippen molar-refractivity contribution in [1.82, 2.24) is 0 Å². The van der Waals surface area contributed by atoms with Crippen LogP contribution in [0.25, 0.3) is 0 Å². The minimum Gasteiger partial charge on any atom is -0.504 e. The first kappa shape index (κ1) is 15.8. The van der Waals surface area contributed by atoms with Crippen LogP contribution < -0.4 is 5.32 Å². The number of phenolic OH excluding ortho intramolecular Hbond substituents is 1. The van der Waals surface area contributed by atoms with E-state index < -0.39 is 33.9 Å². The van der Waals surface area contributed by atoms with Crippen molar-refractivity contribution >= 4 is 46.4 Å². The van der Waals surface area contributed by atoms with E-state index in [-0.39, 0.29) is 15.7 Å². The standard InChI is InChI=1S/C13H6Cl3F2NO2/c14-5-1-8(16)12(20)11(2-5)19-13(21)6-3-10(18)7(15)4-9(6)17/h1-4,20H,(H,19,21). The van der Waals surface area contributed by atoms with Crippen LogP contribution in [0.3, 0.4) is 0 Å². The SMILES string of the molecule is O=C(Nc1cc(Cl)cc(Cl)c1O)c1cc(F)c(Cl)cc1F. The second-order valence-electron chi connectivity index (χ2n) is 3.98. The van der Waals surface area contributed by atoms with Crippen molar-refractivity contribution < 1.29 is 18.7 Å². The Kier molecular flexibility index (Phi) is 4.56. The molecule has 21 heavy (non-hydrogen) atoms. The summed E-state index contributed by atoms with van der Waals surface area (Å²) in [6, 6.07) is 3.80. The Bertz CT molecular complexity index is 738. The number of anilines is 1. The van der Waals surface area contributed by atoms with Crippen molar-refractivity contribution in [3.05, 3.63) is 56.5 Å². The monoisotopic (exact) mass is 351 g/mol. The van der Waals surface area contributed by atoms with Gasteiger partial charge in [-0.1, -0.05) is 34.8 Å².